The molecule has 0 saturated carbocycles. The first kappa shape index (κ1) is 15.8. The van der Waals surface area contributed by atoms with Crippen LogP contribution in [-0.2, 0) is 4.74 Å². The van der Waals surface area contributed by atoms with Crippen LogP contribution < -0.4 is 5.32 Å². The van der Waals surface area contributed by atoms with E-state index in [1.54, 1.807) is 0 Å². The van der Waals surface area contributed by atoms with E-state index in [2.05, 4.69) is 5.32 Å². The number of amides is 1. The first-order valence-corrected chi connectivity index (χ1v) is 7.79. The topological polar surface area (TPSA) is 41.6 Å². The summed E-state index contributed by atoms with van der Waals surface area (Å²) in [5, 5.41) is 3.29. The zero-order chi connectivity index (χ0) is 15.2. The summed E-state index contributed by atoms with van der Waals surface area (Å²) in [7, 11) is 1.90. The van der Waals surface area contributed by atoms with Crippen LogP contribution in [0.3, 0.4) is 0 Å². The van der Waals surface area contributed by atoms with Gasteiger partial charge in [-0.2, -0.15) is 0 Å². The van der Waals surface area contributed by atoms with Crippen LogP contribution in [0.2, 0.25) is 0 Å². The first-order valence-electron chi connectivity index (χ1n) is 7.79. The average molecular weight is 290 g/mol. The van der Waals surface area contributed by atoms with Gasteiger partial charge in [-0.3, -0.25) is 4.79 Å². The van der Waals surface area contributed by atoms with Crippen LogP contribution in [0.4, 0.5) is 5.69 Å². The number of rotatable bonds is 5. The summed E-state index contributed by atoms with van der Waals surface area (Å²) in [6, 6.07) is 5.96. The third-order valence-electron chi connectivity index (χ3n) is 3.99. The van der Waals surface area contributed by atoms with Crippen LogP contribution >= 0.6 is 0 Å². The van der Waals surface area contributed by atoms with Gasteiger partial charge in [0, 0.05) is 39.0 Å². The van der Waals surface area contributed by atoms with E-state index in [-0.39, 0.29) is 5.91 Å². The van der Waals surface area contributed by atoms with Crippen LogP contribution in [-0.4, -0.2) is 44.2 Å². The van der Waals surface area contributed by atoms with Crippen molar-refractivity contribution in [3.05, 3.63) is 29.3 Å². The van der Waals surface area contributed by atoms with Gasteiger partial charge >= 0.3 is 0 Å². The lowest BCUT2D eigenvalue weighted by Gasteiger charge is -2.27. The monoisotopic (exact) mass is 290 g/mol. The van der Waals surface area contributed by atoms with Crippen molar-refractivity contribution in [1.29, 1.82) is 0 Å². The zero-order valence-electron chi connectivity index (χ0n) is 13.3. The highest BCUT2D eigenvalue weighted by atomic mass is 16.5. The van der Waals surface area contributed by atoms with Gasteiger partial charge in [0.2, 0.25) is 0 Å². The molecule has 2 rings (SSSR count). The molecule has 0 spiro atoms. The molecular weight excluding hydrogens is 264 g/mol. The zero-order valence-corrected chi connectivity index (χ0v) is 13.3. The molecule has 1 amide bonds. The van der Waals surface area contributed by atoms with E-state index in [0.717, 1.165) is 56.0 Å². The molecule has 1 fully saturated rings. The minimum atomic E-state index is 0.0949. The number of hydrogen-bond donors (Lipinski definition) is 1. The highest BCUT2D eigenvalue weighted by Crippen LogP contribution is 2.21. The molecule has 4 nitrogen and oxygen atoms in total. The summed E-state index contributed by atoms with van der Waals surface area (Å²) in [5.41, 5.74) is 2.85. The van der Waals surface area contributed by atoms with E-state index >= 15 is 0 Å². The Morgan fingerprint density at radius 2 is 2.10 bits per heavy atom. The van der Waals surface area contributed by atoms with Gasteiger partial charge in [0.1, 0.15) is 0 Å². The molecule has 21 heavy (non-hydrogen) atoms. The van der Waals surface area contributed by atoms with E-state index in [1.165, 1.54) is 0 Å². The van der Waals surface area contributed by atoms with Gasteiger partial charge in [-0.05, 0) is 50.3 Å². The van der Waals surface area contributed by atoms with Crippen molar-refractivity contribution in [2.24, 2.45) is 5.92 Å². The Bertz CT molecular complexity index is 482. The Morgan fingerprint density at radius 3 is 2.76 bits per heavy atom. The number of nitrogens with zero attached hydrogens (tertiary/aromatic N) is 1. The van der Waals surface area contributed by atoms with Gasteiger partial charge in [-0.1, -0.05) is 6.07 Å². The lowest BCUT2D eigenvalue weighted by molar-refractivity contribution is 0.0497. The van der Waals surface area contributed by atoms with E-state index in [1.807, 2.05) is 44.0 Å². The second-order valence-electron chi connectivity index (χ2n) is 5.82. The fourth-order valence-electron chi connectivity index (χ4n) is 2.79. The van der Waals surface area contributed by atoms with Crippen molar-refractivity contribution in [2.75, 3.05) is 38.7 Å². The van der Waals surface area contributed by atoms with Gasteiger partial charge in [0.15, 0.2) is 0 Å². The molecule has 1 saturated heterocycles. The number of carbonyl (C=O) groups is 1. The first-order chi connectivity index (χ1) is 10.1. The molecular formula is C17H26N2O2. The van der Waals surface area contributed by atoms with Gasteiger partial charge < -0.3 is 15.0 Å². The summed E-state index contributed by atoms with van der Waals surface area (Å²) in [4.78, 5) is 14.5. The third-order valence-corrected chi connectivity index (χ3v) is 3.99. The van der Waals surface area contributed by atoms with Crippen molar-refractivity contribution >= 4 is 11.6 Å². The van der Waals surface area contributed by atoms with Crippen molar-refractivity contribution in [2.45, 2.75) is 26.7 Å². The molecule has 0 radical (unpaired) electrons. The Morgan fingerprint density at radius 1 is 1.38 bits per heavy atom. The Hall–Kier alpha value is -1.55. The summed E-state index contributed by atoms with van der Waals surface area (Å²) in [6.07, 6.45) is 2.09. The molecule has 1 heterocycles. The fourth-order valence-corrected chi connectivity index (χ4v) is 2.79. The molecule has 0 aromatic heterocycles. The van der Waals surface area contributed by atoms with Crippen molar-refractivity contribution < 1.29 is 9.53 Å². The average Bonchev–Trinajstić information content (AvgIpc) is 2.48. The lowest BCUT2D eigenvalue weighted by Crippen LogP contribution is -2.34. The number of carbonyl (C=O) groups excluding carboxylic acids is 1. The quantitative estimate of drug-likeness (QED) is 0.906. The molecule has 0 unspecified atom stereocenters. The van der Waals surface area contributed by atoms with Crippen LogP contribution in [0, 0.1) is 12.8 Å². The molecule has 4 heteroatoms. The number of ether oxygens (including phenoxy) is 1. The van der Waals surface area contributed by atoms with Crippen molar-refractivity contribution in [3.8, 4) is 0 Å². The van der Waals surface area contributed by atoms with Crippen molar-refractivity contribution in [1.82, 2.24) is 4.90 Å². The molecule has 1 N–H and O–H groups in total. The standard InChI is InChI=1S/C17H26N2O2/c1-4-18-16-11-13(2)5-6-15(16)17(20)19(3)12-14-7-9-21-10-8-14/h5-6,11,14,18H,4,7-10,12H2,1-3H3. The minimum Gasteiger partial charge on any atom is -0.385 e. The third kappa shape index (κ3) is 4.21. The largest absolute Gasteiger partial charge is 0.385 e. The van der Waals surface area contributed by atoms with Gasteiger partial charge in [0.25, 0.3) is 5.91 Å². The molecule has 0 atom stereocenters. The Labute approximate surface area is 127 Å². The number of anilines is 1. The maximum atomic E-state index is 12.7. The second kappa shape index (κ2) is 7.46. The highest BCUT2D eigenvalue weighted by molar-refractivity contribution is 5.99. The van der Waals surface area contributed by atoms with E-state index < -0.39 is 0 Å². The van der Waals surface area contributed by atoms with E-state index in [0.29, 0.717) is 5.92 Å². The van der Waals surface area contributed by atoms with E-state index in [4.69, 9.17) is 4.74 Å². The molecule has 1 aromatic rings. The van der Waals surface area contributed by atoms with Crippen LogP contribution in [0.15, 0.2) is 18.2 Å². The van der Waals surface area contributed by atoms with Crippen molar-refractivity contribution in [3.63, 3.8) is 0 Å². The molecule has 0 bridgehead atoms. The smallest absolute Gasteiger partial charge is 0.255 e. The van der Waals surface area contributed by atoms with Crippen LogP contribution in [0.25, 0.3) is 0 Å². The SMILES string of the molecule is CCNc1cc(C)ccc1C(=O)N(C)CC1CCOCC1. The number of nitrogens with one attached hydrogen (secondary N) is 1. The Kier molecular flexibility index (Phi) is 5.62. The molecule has 116 valence electrons. The number of hydrogen-bond acceptors (Lipinski definition) is 3. The Balaban J connectivity index is 2.07. The maximum absolute atomic E-state index is 12.7. The molecule has 1 aliphatic rings. The molecule has 1 aliphatic heterocycles. The number of benzene rings is 1. The molecule has 0 aliphatic carbocycles. The maximum Gasteiger partial charge on any atom is 0.255 e. The lowest BCUT2D eigenvalue weighted by atomic mass is 9.99. The summed E-state index contributed by atoms with van der Waals surface area (Å²) in [6.45, 7) is 7.35. The van der Waals surface area contributed by atoms with Crippen LogP contribution in [0.5, 0.6) is 0 Å². The normalized spacial score (nSPS) is 15.8. The fraction of sp³-hybridized carbons (Fsp3) is 0.588. The van der Waals surface area contributed by atoms with Gasteiger partial charge in [-0.25, -0.2) is 0 Å². The van der Waals surface area contributed by atoms with Crippen LogP contribution in [0.1, 0.15) is 35.7 Å². The highest BCUT2D eigenvalue weighted by Gasteiger charge is 2.21. The van der Waals surface area contributed by atoms with E-state index in [9.17, 15) is 4.79 Å². The minimum absolute atomic E-state index is 0.0949. The second-order valence-corrected chi connectivity index (χ2v) is 5.82. The summed E-state index contributed by atoms with van der Waals surface area (Å²) >= 11 is 0. The summed E-state index contributed by atoms with van der Waals surface area (Å²) in [5.74, 6) is 0.651. The summed E-state index contributed by atoms with van der Waals surface area (Å²) < 4.78 is 5.38. The molecule has 1 aromatic carbocycles. The van der Waals surface area contributed by atoms with Gasteiger partial charge in [0.05, 0.1) is 5.56 Å². The number of aryl methyl sites for hydroxylation is 1. The predicted octanol–water partition coefficient (Wildman–Crippen LogP) is 2.93. The predicted molar refractivity (Wildman–Crippen MR) is 85.8 cm³/mol. The van der Waals surface area contributed by atoms with Gasteiger partial charge in [-0.15, -0.1) is 0 Å².